The van der Waals surface area contributed by atoms with Crippen molar-refractivity contribution in [2.45, 2.75) is 33.0 Å². The number of rotatable bonds is 7. The zero-order chi connectivity index (χ0) is 15.2. The average Bonchev–Trinajstić information content (AvgIpc) is 2.93. The summed E-state index contributed by atoms with van der Waals surface area (Å²) >= 11 is 8.07. The van der Waals surface area contributed by atoms with E-state index in [2.05, 4.69) is 22.8 Å². The zero-order valence-electron chi connectivity index (χ0n) is 12.5. The smallest absolute Gasteiger partial charge is 0.163 e. The third kappa shape index (κ3) is 4.63. The number of benzene rings is 1. The third-order valence-corrected chi connectivity index (χ3v) is 4.12. The summed E-state index contributed by atoms with van der Waals surface area (Å²) in [4.78, 5) is 1.30. The lowest BCUT2D eigenvalue weighted by Crippen LogP contribution is -2.13. The van der Waals surface area contributed by atoms with Gasteiger partial charge in [0, 0.05) is 29.1 Å². The Kier molecular flexibility index (Phi) is 5.91. The maximum Gasteiger partial charge on any atom is 0.163 e. The minimum absolute atomic E-state index is 0.0813. The van der Waals surface area contributed by atoms with E-state index in [0.29, 0.717) is 23.1 Å². The first kappa shape index (κ1) is 16.1. The fourth-order valence-electron chi connectivity index (χ4n) is 1.95. The molecule has 0 saturated carbocycles. The standard InChI is InChI=1S/C16H20ClNO2S/c1-11(2)20-16-8-14(17)12(7-15(16)19-3)9-18-10-13-5-4-6-21-13/h4-8,11,18H,9-10H2,1-3H3. The third-order valence-electron chi connectivity index (χ3n) is 2.89. The van der Waals surface area contributed by atoms with Gasteiger partial charge in [0.15, 0.2) is 11.5 Å². The summed E-state index contributed by atoms with van der Waals surface area (Å²) in [5, 5.41) is 6.15. The fraction of sp³-hybridized carbons (Fsp3) is 0.375. The van der Waals surface area contributed by atoms with Crippen molar-refractivity contribution in [1.29, 1.82) is 0 Å². The van der Waals surface area contributed by atoms with Crippen LogP contribution < -0.4 is 14.8 Å². The van der Waals surface area contributed by atoms with Crippen LogP contribution in [0.15, 0.2) is 29.6 Å². The lowest BCUT2D eigenvalue weighted by atomic mass is 10.2. The second-order valence-corrected chi connectivity index (χ2v) is 6.38. The quantitative estimate of drug-likeness (QED) is 0.813. The summed E-state index contributed by atoms with van der Waals surface area (Å²) in [7, 11) is 1.64. The Morgan fingerprint density at radius 2 is 2.05 bits per heavy atom. The topological polar surface area (TPSA) is 30.5 Å². The number of hydrogen-bond acceptors (Lipinski definition) is 4. The van der Waals surface area contributed by atoms with Crippen molar-refractivity contribution in [1.82, 2.24) is 5.32 Å². The molecule has 0 bridgehead atoms. The largest absolute Gasteiger partial charge is 0.493 e. The minimum Gasteiger partial charge on any atom is -0.493 e. The van der Waals surface area contributed by atoms with Crippen LogP contribution in [0.2, 0.25) is 5.02 Å². The van der Waals surface area contributed by atoms with Gasteiger partial charge >= 0.3 is 0 Å². The summed E-state index contributed by atoms with van der Waals surface area (Å²) in [5.41, 5.74) is 1.00. The Bertz CT molecular complexity index is 570. The van der Waals surface area contributed by atoms with Gasteiger partial charge in [-0.05, 0) is 36.9 Å². The molecule has 1 N–H and O–H groups in total. The van der Waals surface area contributed by atoms with Crippen molar-refractivity contribution in [2.24, 2.45) is 0 Å². The molecule has 3 nitrogen and oxygen atoms in total. The van der Waals surface area contributed by atoms with Crippen molar-refractivity contribution < 1.29 is 9.47 Å². The molecule has 5 heteroatoms. The minimum atomic E-state index is 0.0813. The Hall–Kier alpha value is -1.23. The van der Waals surface area contributed by atoms with Crippen LogP contribution in [0.25, 0.3) is 0 Å². The molecule has 1 aromatic heterocycles. The van der Waals surface area contributed by atoms with E-state index in [1.54, 1.807) is 18.4 Å². The Balaban J connectivity index is 2.05. The van der Waals surface area contributed by atoms with E-state index in [4.69, 9.17) is 21.1 Å². The molecule has 0 fully saturated rings. The molecule has 21 heavy (non-hydrogen) atoms. The highest BCUT2D eigenvalue weighted by Crippen LogP contribution is 2.34. The van der Waals surface area contributed by atoms with E-state index < -0.39 is 0 Å². The molecule has 114 valence electrons. The molecule has 0 radical (unpaired) electrons. The van der Waals surface area contributed by atoms with Gasteiger partial charge in [-0.15, -0.1) is 11.3 Å². The predicted molar refractivity (Wildman–Crippen MR) is 88.6 cm³/mol. The number of thiophene rings is 1. The first-order chi connectivity index (χ1) is 10.1. The number of nitrogens with one attached hydrogen (secondary N) is 1. The van der Waals surface area contributed by atoms with E-state index >= 15 is 0 Å². The molecular formula is C16H20ClNO2S. The van der Waals surface area contributed by atoms with Crippen molar-refractivity contribution in [3.63, 3.8) is 0 Å². The Morgan fingerprint density at radius 3 is 2.67 bits per heavy atom. The first-order valence-electron chi connectivity index (χ1n) is 6.86. The van der Waals surface area contributed by atoms with Crippen LogP contribution in [-0.4, -0.2) is 13.2 Å². The molecule has 0 spiro atoms. The number of methoxy groups -OCH3 is 1. The van der Waals surface area contributed by atoms with Crippen LogP contribution in [0.1, 0.15) is 24.3 Å². The van der Waals surface area contributed by atoms with Gasteiger partial charge in [0.1, 0.15) is 0 Å². The van der Waals surface area contributed by atoms with Gasteiger partial charge in [-0.3, -0.25) is 0 Å². The van der Waals surface area contributed by atoms with Crippen LogP contribution in [0.4, 0.5) is 0 Å². The monoisotopic (exact) mass is 325 g/mol. The van der Waals surface area contributed by atoms with Crippen LogP contribution in [-0.2, 0) is 13.1 Å². The van der Waals surface area contributed by atoms with E-state index in [0.717, 1.165) is 12.1 Å². The summed E-state index contributed by atoms with van der Waals surface area (Å²) in [6, 6.07) is 7.92. The highest BCUT2D eigenvalue weighted by Gasteiger charge is 2.11. The van der Waals surface area contributed by atoms with E-state index in [-0.39, 0.29) is 6.10 Å². The molecule has 2 rings (SSSR count). The molecule has 0 saturated heterocycles. The number of halogens is 1. The molecule has 0 atom stereocenters. The van der Waals surface area contributed by atoms with Crippen molar-refractivity contribution >= 4 is 22.9 Å². The molecule has 0 aliphatic rings. The van der Waals surface area contributed by atoms with Gasteiger partial charge < -0.3 is 14.8 Å². The molecule has 0 amide bonds. The molecule has 0 aliphatic carbocycles. The van der Waals surface area contributed by atoms with Gasteiger partial charge in [0.2, 0.25) is 0 Å². The van der Waals surface area contributed by atoms with Gasteiger partial charge in [0.25, 0.3) is 0 Å². The van der Waals surface area contributed by atoms with Crippen LogP contribution in [0, 0.1) is 0 Å². The predicted octanol–water partition coefficient (Wildman–Crippen LogP) is 4.49. The van der Waals surface area contributed by atoms with Crippen LogP contribution in [0.5, 0.6) is 11.5 Å². The van der Waals surface area contributed by atoms with Crippen molar-refractivity contribution in [2.75, 3.05) is 7.11 Å². The Labute approximate surface area is 134 Å². The van der Waals surface area contributed by atoms with Crippen molar-refractivity contribution in [3.05, 3.63) is 45.1 Å². The second-order valence-electron chi connectivity index (χ2n) is 4.94. The van der Waals surface area contributed by atoms with E-state index in [1.807, 2.05) is 26.0 Å². The van der Waals surface area contributed by atoms with Gasteiger partial charge in [-0.1, -0.05) is 17.7 Å². The lowest BCUT2D eigenvalue weighted by molar-refractivity contribution is 0.230. The molecule has 0 aliphatic heterocycles. The maximum atomic E-state index is 6.33. The van der Waals surface area contributed by atoms with Crippen LogP contribution in [0.3, 0.4) is 0 Å². The zero-order valence-corrected chi connectivity index (χ0v) is 14.1. The molecule has 1 heterocycles. The summed E-state index contributed by atoms with van der Waals surface area (Å²) < 4.78 is 11.1. The van der Waals surface area contributed by atoms with Gasteiger partial charge in [-0.2, -0.15) is 0 Å². The Morgan fingerprint density at radius 1 is 1.24 bits per heavy atom. The first-order valence-corrected chi connectivity index (χ1v) is 8.12. The summed E-state index contributed by atoms with van der Waals surface area (Å²) in [5.74, 6) is 1.39. The summed E-state index contributed by atoms with van der Waals surface area (Å²) in [6.07, 6.45) is 0.0813. The highest BCUT2D eigenvalue weighted by atomic mass is 35.5. The SMILES string of the molecule is COc1cc(CNCc2cccs2)c(Cl)cc1OC(C)C. The normalized spacial score (nSPS) is 10.9. The summed E-state index contributed by atoms with van der Waals surface area (Å²) in [6.45, 7) is 5.48. The van der Waals surface area contributed by atoms with E-state index in [9.17, 15) is 0 Å². The fourth-order valence-corrected chi connectivity index (χ4v) is 2.85. The molecule has 1 aromatic carbocycles. The lowest BCUT2D eigenvalue weighted by Gasteiger charge is -2.16. The number of ether oxygens (including phenoxy) is 2. The van der Waals surface area contributed by atoms with Gasteiger partial charge in [0.05, 0.1) is 13.2 Å². The van der Waals surface area contributed by atoms with Crippen LogP contribution >= 0.6 is 22.9 Å². The maximum absolute atomic E-state index is 6.33. The number of hydrogen-bond donors (Lipinski definition) is 1. The molecular weight excluding hydrogens is 306 g/mol. The molecule has 0 unspecified atom stereocenters. The molecule has 2 aromatic rings. The van der Waals surface area contributed by atoms with Gasteiger partial charge in [-0.25, -0.2) is 0 Å². The second kappa shape index (κ2) is 7.69. The highest BCUT2D eigenvalue weighted by molar-refractivity contribution is 7.09. The van der Waals surface area contributed by atoms with Crippen molar-refractivity contribution in [3.8, 4) is 11.5 Å². The van der Waals surface area contributed by atoms with E-state index in [1.165, 1.54) is 4.88 Å². The average molecular weight is 326 g/mol.